The normalized spacial score (nSPS) is 13.1. The summed E-state index contributed by atoms with van der Waals surface area (Å²) < 4.78 is 6.25. The van der Waals surface area contributed by atoms with Crippen LogP contribution in [0.2, 0.25) is 0 Å². The molecule has 0 fully saturated rings. The van der Waals surface area contributed by atoms with E-state index >= 15 is 0 Å². The maximum absolute atomic E-state index is 6.25. The molecular weight excluding hydrogens is 643 g/mol. The molecule has 6 aromatic carbocycles. The van der Waals surface area contributed by atoms with Crippen molar-refractivity contribution in [2.24, 2.45) is 0 Å². The van der Waals surface area contributed by atoms with Crippen LogP contribution in [0.3, 0.4) is 0 Å². The first-order chi connectivity index (χ1) is 25.0. The predicted molar refractivity (Wildman–Crippen MR) is 210 cm³/mol. The molecule has 5 heteroatoms. The summed E-state index contributed by atoms with van der Waals surface area (Å²) in [7, 11) is 0. The number of fused-ring (bicyclic) bond motifs is 6. The molecule has 4 nitrogen and oxygen atoms in total. The average molecular weight is 674 g/mol. The molecule has 0 N–H and O–H groups in total. The molecule has 242 valence electrons. The van der Waals surface area contributed by atoms with Gasteiger partial charge in [0.15, 0.2) is 17.5 Å². The Labute approximate surface area is 299 Å². The summed E-state index contributed by atoms with van der Waals surface area (Å²) in [5.74, 6) is 1.86. The molecule has 0 saturated carbocycles. The second-order valence-electron chi connectivity index (χ2n) is 13.6. The minimum absolute atomic E-state index is 0.0926. The SMILES string of the molecule is CC1(C)c2ccccc2-c2c1sc(-c1cccc(-c3nc(-c4ccccc4)nc(-c4ccc5c(c4)oc4ccccc45)n3)c1)c2-c1ccccc1. The predicted octanol–water partition coefficient (Wildman–Crippen LogP) is 12.5. The summed E-state index contributed by atoms with van der Waals surface area (Å²) in [6.45, 7) is 4.70. The monoisotopic (exact) mass is 673 g/mol. The molecule has 3 heterocycles. The van der Waals surface area contributed by atoms with E-state index < -0.39 is 0 Å². The Bertz CT molecular complexity index is 2780. The van der Waals surface area contributed by atoms with Gasteiger partial charge in [-0.3, -0.25) is 0 Å². The highest BCUT2D eigenvalue weighted by molar-refractivity contribution is 7.17. The minimum Gasteiger partial charge on any atom is -0.456 e. The molecule has 9 aromatic rings. The summed E-state index contributed by atoms with van der Waals surface area (Å²) in [6.07, 6.45) is 0. The summed E-state index contributed by atoms with van der Waals surface area (Å²) in [5.41, 5.74) is 12.0. The van der Waals surface area contributed by atoms with E-state index in [-0.39, 0.29) is 5.41 Å². The molecule has 0 saturated heterocycles. The number of hydrogen-bond donors (Lipinski definition) is 0. The van der Waals surface area contributed by atoms with Crippen LogP contribution in [0, 0.1) is 0 Å². The van der Waals surface area contributed by atoms with E-state index in [0.29, 0.717) is 17.5 Å². The molecule has 0 radical (unpaired) electrons. The molecule has 10 rings (SSSR count). The smallest absolute Gasteiger partial charge is 0.164 e. The van der Waals surface area contributed by atoms with Crippen LogP contribution in [0.25, 0.3) is 88.8 Å². The van der Waals surface area contributed by atoms with Gasteiger partial charge in [-0.2, -0.15) is 0 Å². The van der Waals surface area contributed by atoms with Crippen molar-refractivity contribution in [2.45, 2.75) is 19.3 Å². The Morgan fingerprint density at radius 2 is 1.06 bits per heavy atom. The fourth-order valence-electron chi connectivity index (χ4n) is 7.60. The van der Waals surface area contributed by atoms with E-state index in [9.17, 15) is 0 Å². The zero-order chi connectivity index (χ0) is 34.1. The fourth-order valence-corrected chi connectivity index (χ4v) is 9.05. The number of thiophene rings is 1. The molecular formula is C46H31N3OS. The number of furan rings is 1. The van der Waals surface area contributed by atoms with Crippen molar-refractivity contribution in [3.05, 3.63) is 162 Å². The number of hydrogen-bond acceptors (Lipinski definition) is 5. The zero-order valence-electron chi connectivity index (χ0n) is 28.1. The minimum atomic E-state index is -0.0926. The van der Waals surface area contributed by atoms with Gasteiger partial charge in [-0.1, -0.05) is 141 Å². The summed E-state index contributed by atoms with van der Waals surface area (Å²) in [6, 6.07) is 52.8. The molecule has 51 heavy (non-hydrogen) atoms. The van der Waals surface area contributed by atoms with Crippen LogP contribution in [0.1, 0.15) is 24.3 Å². The van der Waals surface area contributed by atoms with Crippen molar-refractivity contribution in [3.63, 3.8) is 0 Å². The van der Waals surface area contributed by atoms with Crippen LogP contribution in [0.5, 0.6) is 0 Å². The molecule has 3 aromatic heterocycles. The molecule has 1 aliphatic rings. The standard InChI is InChI=1S/C46H31N3OS/c1-46(2)36-22-11-9-21-35(36)40-39(28-14-5-3-6-15-28)41(51-42(40)46)30-18-13-19-31(26-30)44-47-43(29-16-7-4-8-17-29)48-45(49-44)32-24-25-34-33-20-10-12-23-37(33)50-38(34)27-32/h3-27H,1-2H3. The van der Waals surface area contributed by atoms with E-state index in [1.165, 1.54) is 37.6 Å². The number of nitrogens with zero attached hydrogens (tertiary/aromatic N) is 3. The van der Waals surface area contributed by atoms with E-state index in [4.69, 9.17) is 19.4 Å². The van der Waals surface area contributed by atoms with Crippen molar-refractivity contribution in [1.29, 1.82) is 0 Å². The van der Waals surface area contributed by atoms with Crippen LogP contribution in [-0.2, 0) is 5.41 Å². The molecule has 0 atom stereocenters. The van der Waals surface area contributed by atoms with Crippen molar-refractivity contribution < 1.29 is 4.42 Å². The first kappa shape index (κ1) is 29.7. The van der Waals surface area contributed by atoms with Gasteiger partial charge in [0, 0.05) is 53.8 Å². The highest BCUT2D eigenvalue weighted by Crippen LogP contribution is 2.59. The maximum Gasteiger partial charge on any atom is 0.164 e. The molecule has 0 unspecified atom stereocenters. The molecule has 0 bridgehead atoms. The van der Waals surface area contributed by atoms with Crippen molar-refractivity contribution in [3.8, 4) is 66.9 Å². The van der Waals surface area contributed by atoms with Crippen LogP contribution >= 0.6 is 11.3 Å². The third-order valence-corrected chi connectivity index (χ3v) is 11.7. The lowest BCUT2D eigenvalue weighted by atomic mass is 9.87. The highest BCUT2D eigenvalue weighted by atomic mass is 32.1. The Kier molecular flexibility index (Phi) is 6.67. The van der Waals surface area contributed by atoms with E-state index in [2.05, 4.69) is 111 Å². The van der Waals surface area contributed by atoms with Crippen molar-refractivity contribution >= 4 is 33.3 Å². The Morgan fingerprint density at radius 3 is 1.84 bits per heavy atom. The molecule has 0 amide bonds. The molecule has 0 aliphatic heterocycles. The summed E-state index contributed by atoms with van der Waals surface area (Å²) in [4.78, 5) is 17.8. The van der Waals surface area contributed by atoms with Gasteiger partial charge in [-0.25, -0.2) is 15.0 Å². The van der Waals surface area contributed by atoms with Crippen LogP contribution in [-0.4, -0.2) is 15.0 Å². The van der Waals surface area contributed by atoms with Crippen LogP contribution in [0.15, 0.2) is 156 Å². The van der Waals surface area contributed by atoms with Gasteiger partial charge >= 0.3 is 0 Å². The van der Waals surface area contributed by atoms with Crippen molar-refractivity contribution in [2.75, 3.05) is 0 Å². The second-order valence-corrected chi connectivity index (χ2v) is 14.6. The van der Waals surface area contributed by atoms with Gasteiger partial charge in [0.25, 0.3) is 0 Å². The summed E-state index contributed by atoms with van der Waals surface area (Å²) in [5, 5.41) is 2.17. The van der Waals surface area contributed by atoms with Gasteiger partial charge in [0.2, 0.25) is 0 Å². The van der Waals surface area contributed by atoms with E-state index in [1.54, 1.807) is 0 Å². The van der Waals surface area contributed by atoms with Crippen LogP contribution < -0.4 is 0 Å². The third kappa shape index (κ3) is 4.77. The number of rotatable bonds is 5. The average Bonchev–Trinajstić information content (AvgIpc) is 3.84. The summed E-state index contributed by atoms with van der Waals surface area (Å²) >= 11 is 1.90. The van der Waals surface area contributed by atoms with Gasteiger partial charge < -0.3 is 4.42 Å². The van der Waals surface area contributed by atoms with Gasteiger partial charge in [-0.05, 0) is 46.5 Å². The number of benzene rings is 6. The zero-order valence-corrected chi connectivity index (χ0v) is 28.9. The first-order valence-electron chi connectivity index (χ1n) is 17.2. The Morgan fingerprint density at radius 1 is 0.471 bits per heavy atom. The fraction of sp³-hybridized carbons (Fsp3) is 0.0652. The lowest BCUT2D eigenvalue weighted by molar-refractivity contribution is 0.669. The lowest BCUT2D eigenvalue weighted by Gasteiger charge is -2.20. The lowest BCUT2D eigenvalue weighted by Crippen LogP contribution is -2.13. The van der Waals surface area contributed by atoms with E-state index in [1.807, 2.05) is 65.9 Å². The van der Waals surface area contributed by atoms with Crippen LogP contribution in [0.4, 0.5) is 0 Å². The van der Waals surface area contributed by atoms with Gasteiger partial charge in [0.05, 0.1) is 0 Å². The Hall–Kier alpha value is -6.17. The quantitative estimate of drug-likeness (QED) is 0.182. The third-order valence-electron chi connectivity index (χ3n) is 10.1. The highest BCUT2D eigenvalue weighted by Gasteiger charge is 2.40. The van der Waals surface area contributed by atoms with Gasteiger partial charge in [0.1, 0.15) is 11.2 Å². The second kappa shape index (κ2) is 11.4. The number of para-hydroxylation sites is 1. The Balaban J connectivity index is 1.15. The van der Waals surface area contributed by atoms with E-state index in [0.717, 1.165) is 44.2 Å². The molecule has 0 spiro atoms. The first-order valence-corrected chi connectivity index (χ1v) is 18.0. The topological polar surface area (TPSA) is 51.8 Å². The maximum atomic E-state index is 6.25. The molecule has 1 aliphatic carbocycles. The van der Waals surface area contributed by atoms with Crippen molar-refractivity contribution in [1.82, 2.24) is 15.0 Å². The largest absolute Gasteiger partial charge is 0.456 e. The van der Waals surface area contributed by atoms with Gasteiger partial charge in [-0.15, -0.1) is 11.3 Å². The number of aromatic nitrogens is 3.